The van der Waals surface area contributed by atoms with E-state index in [1.165, 1.54) is 6.08 Å². The van der Waals surface area contributed by atoms with Crippen LogP contribution in [0.1, 0.15) is 11.6 Å². The summed E-state index contributed by atoms with van der Waals surface area (Å²) in [5, 5.41) is 10.1. The Kier molecular flexibility index (Phi) is 5.52. The van der Waals surface area contributed by atoms with Crippen LogP contribution in [-0.4, -0.2) is 5.11 Å². The third-order valence-electron chi connectivity index (χ3n) is 1.67. The molecule has 0 aromatic heterocycles. The van der Waals surface area contributed by atoms with Crippen LogP contribution in [0.2, 0.25) is 5.02 Å². The number of aromatic hydroxyl groups is 1. The van der Waals surface area contributed by atoms with Crippen LogP contribution in [-0.2, 0) is 0 Å². The van der Waals surface area contributed by atoms with Gasteiger partial charge in [-0.05, 0) is 28.1 Å². The second-order valence-corrected chi connectivity index (χ2v) is 3.88. The highest BCUT2D eigenvalue weighted by Gasteiger charge is 2.11. The molecule has 0 heterocycles. The summed E-state index contributed by atoms with van der Waals surface area (Å²) < 4.78 is 0.535. The summed E-state index contributed by atoms with van der Waals surface area (Å²) in [5.41, 5.74) is 6.24. The van der Waals surface area contributed by atoms with Crippen LogP contribution in [0.4, 0.5) is 0 Å². The Morgan fingerprint density at radius 3 is 2.64 bits per heavy atom. The van der Waals surface area contributed by atoms with Gasteiger partial charge in [-0.25, -0.2) is 0 Å². The Morgan fingerprint density at radius 2 is 2.14 bits per heavy atom. The second kappa shape index (κ2) is 5.61. The maximum absolute atomic E-state index is 9.59. The molecule has 0 unspecified atom stereocenters. The molecule has 0 fully saturated rings. The van der Waals surface area contributed by atoms with Gasteiger partial charge in [0, 0.05) is 10.6 Å². The highest BCUT2D eigenvalue weighted by molar-refractivity contribution is 9.10. The lowest BCUT2D eigenvalue weighted by Gasteiger charge is -2.10. The van der Waals surface area contributed by atoms with E-state index in [-0.39, 0.29) is 18.2 Å². The predicted molar refractivity (Wildman–Crippen MR) is 65.2 cm³/mol. The maximum atomic E-state index is 9.59. The van der Waals surface area contributed by atoms with Crippen LogP contribution in [0.3, 0.4) is 0 Å². The van der Waals surface area contributed by atoms with Gasteiger partial charge in [-0.2, -0.15) is 0 Å². The molecular formula is C9H10BrCl2NO. The van der Waals surface area contributed by atoms with E-state index in [0.717, 1.165) is 0 Å². The number of hydrogen-bond donors (Lipinski definition) is 2. The topological polar surface area (TPSA) is 46.2 Å². The zero-order chi connectivity index (χ0) is 10.0. The van der Waals surface area contributed by atoms with Crippen LogP contribution >= 0.6 is 39.9 Å². The molecule has 0 saturated heterocycles. The summed E-state index contributed by atoms with van der Waals surface area (Å²) in [6.07, 6.45) is 1.54. The van der Waals surface area contributed by atoms with Crippen molar-refractivity contribution in [1.82, 2.24) is 0 Å². The Morgan fingerprint density at radius 1 is 1.57 bits per heavy atom. The average Bonchev–Trinajstić information content (AvgIpc) is 2.10. The van der Waals surface area contributed by atoms with Crippen LogP contribution in [0.25, 0.3) is 0 Å². The van der Waals surface area contributed by atoms with E-state index in [0.29, 0.717) is 15.1 Å². The molecule has 0 aliphatic carbocycles. The normalized spacial score (nSPS) is 11.6. The minimum atomic E-state index is -0.407. The first-order valence-electron chi connectivity index (χ1n) is 3.62. The summed E-state index contributed by atoms with van der Waals surface area (Å²) in [6, 6.07) is 2.82. The molecule has 3 N–H and O–H groups in total. The lowest BCUT2D eigenvalue weighted by molar-refractivity contribution is 0.462. The fraction of sp³-hybridized carbons (Fsp3) is 0.111. The van der Waals surface area contributed by atoms with Crippen LogP contribution in [0.5, 0.6) is 5.75 Å². The third kappa shape index (κ3) is 2.89. The van der Waals surface area contributed by atoms with Crippen LogP contribution < -0.4 is 5.73 Å². The van der Waals surface area contributed by atoms with Gasteiger partial charge in [0.1, 0.15) is 5.75 Å². The minimum Gasteiger partial charge on any atom is -0.506 e. The Bertz CT molecular complexity index is 344. The fourth-order valence-electron chi connectivity index (χ4n) is 0.967. The molecule has 14 heavy (non-hydrogen) atoms. The monoisotopic (exact) mass is 297 g/mol. The number of benzene rings is 1. The van der Waals surface area contributed by atoms with Gasteiger partial charge in [0.25, 0.3) is 0 Å². The zero-order valence-electron chi connectivity index (χ0n) is 7.21. The Labute approximate surface area is 102 Å². The molecule has 1 aromatic carbocycles. The summed E-state index contributed by atoms with van der Waals surface area (Å²) in [5.74, 6) is 0.108. The van der Waals surface area contributed by atoms with Gasteiger partial charge in [0.2, 0.25) is 0 Å². The highest BCUT2D eigenvalue weighted by Crippen LogP contribution is 2.34. The maximum Gasteiger partial charge on any atom is 0.134 e. The summed E-state index contributed by atoms with van der Waals surface area (Å²) in [6.45, 7) is 3.54. The first-order chi connectivity index (χ1) is 6.06. The molecule has 0 radical (unpaired) electrons. The fourth-order valence-corrected chi connectivity index (χ4v) is 1.80. The molecule has 1 atom stereocenters. The van der Waals surface area contributed by atoms with E-state index < -0.39 is 6.04 Å². The molecule has 5 heteroatoms. The number of hydrogen-bond acceptors (Lipinski definition) is 2. The minimum absolute atomic E-state index is 0. The van der Waals surface area contributed by atoms with E-state index in [9.17, 15) is 5.11 Å². The molecule has 1 rings (SSSR count). The molecule has 1 aromatic rings. The van der Waals surface area contributed by atoms with Gasteiger partial charge in [-0.3, -0.25) is 0 Å². The number of phenolic OH excluding ortho intramolecular Hbond substituents is 1. The Hall–Kier alpha value is -0.220. The van der Waals surface area contributed by atoms with Gasteiger partial charge < -0.3 is 10.8 Å². The van der Waals surface area contributed by atoms with Crippen molar-refractivity contribution in [2.45, 2.75) is 6.04 Å². The number of rotatable bonds is 2. The first-order valence-corrected chi connectivity index (χ1v) is 4.79. The van der Waals surface area contributed by atoms with Crippen molar-refractivity contribution in [3.05, 3.63) is 39.8 Å². The van der Waals surface area contributed by atoms with Crippen molar-refractivity contribution in [1.29, 1.82) is 0 Å². The molecule has 0 amide bonds. The van der Waals surface area contributed by atoms with Gasteiger partial charge in [0.15, 0.2) is 0 Å². The van der Waals surface area contributed by atoms with Crippen molar-refractivity contribution in [2.24, 2.45) is 5.73 Å². The van der Waals surface area contributed by atoms with Crippen molar-refractivity contribution in [3.63, 3.8) is 0 Å². The SMILES string of the molecule is C=C[C@@H](N)c1cc(Cl)cc(Br)c1O.Cl. The molecule has 0 bridgehead atoms. The second-order valence-electron chi connectivity index (χ2n) is 2.59. The van der Waals surface area contributed by atoms with Crippen molar-refractivity contribution < 1.29 is 5.11 Å². The lowest BCUT2D eigenvalue weighted by Crippen LogP contribution is -2.06. The van der Waals surface area contributed by atoms with Crippen molar-refractivity contribution in [3.8, 4) is 5.75 Å². The van der Waals surface area contributed by atoms with Gasteiger partial charge in [0.05, 0.1) is 10.5 Å². The van der Waals surface area contributed by atoms with E-state index in [1.807, 2.05) is 0 Å². The summed E-state index contributed by atoms with van der Waals surface area (Å²) in [4.78, 5) is 0. The van der Waals surface area contributed by atoms with Gasteiger partial charge in [-0.15, -0.1) is 19.0 Å². The molecule has 0 aliphatic heterocycles. The standard InChI is InChI=1S/C9H9BrClNO.ClH/c1-2-8(12)6-3-5(11)4-7(10)9(6)13;/h2-4,8,13H,1,12H2;1H/t8-;/m1./s1. The Balaban J connectivity index is 0.00000169. The molecular weight excluding hydrogens is 289 g/mol. The molecule has 0 spiro atoms. The zero-order valence-corrected chi connectivity index (χ0v) is 10.4. The summed E-state index contributed by atoms with van der Waals surface area (Å²) in [7, 11) is 0. The first kappa shape index (κ1) is 13.8. The molecule has 0 aliphatic rings. The smallest absolute Gasteiger partial charge is 0.134 e. The predicted octanol–water partition coefficient (Wildman–Crippen LogP) is 3.42. The number of nitrogens with two attached hydrogens (primary N) is 1. The average molecular weight is 299 g/mol. The van der Waals surface area contributed by atoms with Gasteiger partial charge in [-0.1, -0.05) is 17.7 Å². The summed E-state index contributed by atoms with van der Waals surface area (Å²) >= 11 is 8.96. The molecule has 2 nitrogen and oxygen atoms in total. The van der Waals surface area contributed by atoms with E-state index in [2.05, 4.69) is 22.5 Å². The van der Waals surface area contributed by atoms with E-state index in [4.69, 9.17) is 17.3 Å². The number of phenols is 1. The van der Waals surface area contributed by atoms with E-state index in [1.54, 1.807) is 12.1 Å². The van der Waals surface area contributed by atoms with Crippen molar-refractivity contribution >= 4 is 39.9 Å². The molecule has 78 valence electrons. The van der Waals surface area contributed by atoms with Crippen LogP contribution in [0.15, 0.2) is 29.3 Å². The van der Waals surface area contributed by atoms with Crippen LogP contribution in [0, 0.1) is 0 Å². The van der Waals surface area contributed by atoms with Gasteiger partial charge >= 0.3 is 0 Å². The third-order valence-corrected chi connectivity index (χ3v) is 2.49. The van der Waals surface area contributed by atoms with Crippen molar-refractivity contribution in [2.75, 3.05) is 0 Å². The lowest BCUT2D eigenvalue weighted by atomic mass is 10.1. The quantitative estimate of drug-likeness (QED) is 0.822. The highest BCUT2D eigenvalue weighted by atomic mass is 79.9. The van der Waals surface area contributed by atoms with E-state index >= 15 is 0 Å². The number of halogens is 3. The largest absolute Gasteiger partial charge is 0.506 e. The molecule has 0 saturated carbocycles.